The Balaban J connectivity index is 2.62. The summed E-state index contributed by atoms with van der Waals surface area (Å²) < 4.78 is 26.2. The number of hydrogen-bond acceptors (Lipinski definition) is 3. The Bertz CT molecular complexity index is 578. The van der Waals surface area contributed by atoms with Crippen molar-refractivity contribution in [2.24, 2.45) is 0 Å². The monoisotopic (exact) mass is 340 g/mol. The van der Waals surface area contributed by atoms with Gasteiger partial charge in [-0.2, -0.15) is 4.31 Å². The normalized spacial score (nSPS) is 11.7. The highest BCUT2D eigenvalue weighted by Gasteiger charge is 2.21. The van der Waals surface area contributed by atoms with Crippen LogP contribution in [0.3, 0.4) is 0 Å². The number of hydrogen-bond donors (Lipinski definition) is 1. The van der Waals surface area contributed by atoms with E-state index in [9.17, 15) is 13.2 Å². The van der Waals surface area contributed by atoms with Crippen molar-refractivity contribution >= 4 is 15.9 Å². The SMILES string of the molecule is CCCCCC(=O)NCc1ccc(S(=O)(=O)N(CC)CC)cc1. The maximum Gasteiger partial charge on any atom is 0.243 e. The third kappa shape index (κ3) is 5.95. The highest BCUT2D eigenvalue weighted by molar-refractivity contribution is 7.89. The summed E-state index contributed by atoms with van der Waals surface area (Å²) in [5.74, 6) is 0.0401. The number of unbranched alkanes of at least 4 members (excludes halogenated alkanes) is 2. The van der Waals surface area contributed by atoms with Crippen LogP contribution in [-0.2, 0) is 21.4 Å². The molecule has 0 heterocycles. The van der Waals surface area contributed by atoms with Crippen molar-refractivity contribution in [2.45, 2.75) is 57.9 Å². The number of nitrogens with zero attached hydrogens (tertiary/aromatic N) is 1. The lowest BCUT2D eigenvalue weighted by Gasteiger charge is -2.18. The lowest BCUT2D eigenvalue weighted by molar-refractivity contribution is -0.121. The first-order chi connectivity index (χ1) is 11.0. The van der Waals surface area contributed by atoms with Crippen molar-refractivity contribution in [3.05, 3.63) is 29.8 Å². The summed E-state index contributed by atoms with van der Waals surface area (Å²) in [7, 11) is -3.42. The number of carbonyl (C=O) groups is 1. The van der Waals surface area contributed by atoms with E-state index < -0.39 is 10.0 Å². The minimum Gasteiger partial charge on any atom is -0.352 e. The van der Waals surface area contributed by atoms with Gasteiger partial charge in [0.1, 0.15) is 0 Å². The van der Waals surface area contributed by atoms with Crippen molar-refractivity contribution < 1.29 is 13.2 Å². The van der Waals surface area contributed by atoms with Gasteiger partial charge < -0.3 is 5.32 Å². The number of carbonyl (C=O) groups excluding carboxylic acids is 1. The van der Waals surface area contributed by atoms with Crippen LogP contribution in [0.5, 0.6) is 0 Å². The molecule has 0 unspecified atom stereocenters. The zero-order valence-electron chi connectivity index (χ0n) is 14.3. The maximum atomic E-state index is 12.4. The highest BCUT2D eigenvalue weighted by atomic mass is 32.2. The zero-order chi connectivity index (χ0) is 17.3. The predicted octanol–water partition coefficient (Wildman–Crippen LogP) is 2.91. The second kappa shape index (κ2) is 9.67. The molecule has 0 saturated heterocycles. The van der Waals surface area contributed by atoms with Gasteiger partial charge in [0, 0.05) is 26.1 Å². The molecule has 1 aromatic carbocycles. The molecule has 130 valence electrons. The standard InChI is InChI=1S/C17H28N2O3S/c1-4-7-8-9-17(20)18-14-15-10-12-16(13-11-15)23(21,22)19(5-2)6-3/h10-13H,4-9,14H2,1-3H3,(H,18,20). The first kappa shape index (κ1) is 19.6. The molecule has 23 heavy (non-hydrogen) atoms. The van der Waals surface area contributed by atoms with E-state index in [0.717, 1.165) is 24.8 Å². The first-order valence-corrected chi connectivity index (χ1v) is 9.75. The lowest BCUT2D eigenvalue weighted by Crippen LogP contribution is -2.30. The topological polar surface area (TPSA) is 66.5 Å². The van der Waals surface area contributed by atoms with Gasteiger partial charge in [0.05, 0.1) is 4.90 Å². The lowest BCUT2D eigenvalue weighted by atomic mass is 10.2. The van der Waals surface area contributed by atoms with Crippen LogP contribution in [0.4, 0.5) is 0 Å². The Kier molecular flexibility index (Phi) is 8.26. The van der Waals surface area contributed by atoms with Crippen molar-refractivity contribution in [3.8, 4) is 0 Å². The smallest absolute Gasteiger partial charge is 0.243 e. The van der Waals surface area contributed by atoms with E-state index in [2.05, 4.69) is 12.2 Å². The Morgan fingerprint density at radius 3 is 2.17 bits per heavy atom. The molecule has 0 aliphatic rings. The second-order valence-electron chi connectivity index (χ2n) is 5.47. The summed E-state index contributed by atoms with van der Waals surface area (Å²) in [4.78, 5) is 12.0. The molecule has 0 saturated carbocycles. The molecule has 0 aromatic heterocycles. The van der Waals surface area contributed by atoms with Gasteiger partial charge in [0.2, 0.25) is 15.9 Å². The van der Waals surface area contributed by atoms with Gasteiger partial charge in [-0.3, -0.25) is 4.79 Å². The van der Waals surface area contributed by atoms with Crippen LogP contribution in [0.2, 0.25) is 0 Å². The molecule has 1 amide bonds. The van der Waals surface area contributed by atoms with Crippen LogP contribution in [-0.4, -0.2) is 31.7 Å². The van der Waals surface area contributed by atoms with E-state index >= 15 is 0 Å². The molecule has 0 aliphatic heterocycles. The molecule has 0 atom stereocenters. The molecule has 1 N–H and O–H groups in total. The first-order valence-electron chi connectivity index (χ1n) is 8.31. The summed E-state index contributed by atoms with van der Waals surface area (Å²) in [6.07, 6.45) is 3.60. The van der Waals surface area contributed by atoms with E-state index in [1.165, 1.54) is 4.31 Å². The minimum atomic E-state index is -3.42. The Labute approximate surface area is 140 Å². The van der Waals surface area contributed by atoms with E-state index in [1.807, 2.05) is 13.8 Å². The predicted molar refractivity (Wildman–Crippen MR) is 92.5 cm³/mol. The van der Waals surface area contributed by atoms with E-state index in [4.69, 9.17) is 0 Å². The van der Waals surface area contributed by atoms with Crippen LogP contribution < -0.4 is 5.32 Å². The van der Waals surface area contributed by atoms with Gasteiger partial charge in [-0.1, -0.05) is 45.7 Å². The van der Waals surface area contributed by atoms with E-state index in [0.29, 0.717) is 31.0 Å². The molecule has 0 radical (unpaired) electrons. The maximum absolute atomic E-state index is 12.4. The van der Waals surface area contributed by atoms with Gasteiger partial charge >= 0.3 is 0 Å². The van der Waals surface area contributed by atoms with E-state index in [1.54, 1.807) is 24.3 Å². The van der Waals surface area contributed by atoms with Crippen LogP contribution in [0.25, 0.3) is 0 Å². The van der Waals surface area contributed by atoms with Crippen LogP contribution in [0, 0.1) is 0 Å². The molecule has 6 heteroatoms. The van der Waals surface area contributed by atoms with Crippen LogP contribution in [0.15, 0.2) is 29.2 Å². The Hall–Kier alpha value is -1.40. The molecule has 1 rings (SSSR count). The summed E-state index contributed by atoms with van der Waals surface area (Å²) in [5, 5.41) is 2.86. The van der Waals surface area contributed by atoms with Crippen LogP contribution >= 0.6 is 0 Å². The fraction of sp³-hybridized carbons (Fsp3) is 0.588. The largest absolute Gasteiger partial charge is 0.352 e. The van der Waals surface area contributed by atoms with Gasteiger partial charge in [0.25, 0.3) is 0 Å². The summed E-state index contributed by atoms with van der Waals surface area (Å²) in [6.45, 7) is 7.08. The van der Waals surface area contributed by atoms with Crippen LogP contribution in [0.1, 0.15) is 52.0 Å². The average Bonchev–Trinajstić information content (AvgIpc) is 2.54. The minimum absolute atomic E-state index is 0.0401. The Morgan fingerprint density at radius 1 is 1.04 bits per heavy atom. The number of nitrogens with one attached hydrogen (secondary N) is 1. The third-order valence-electron chi connectivity index (χ3n) is 3.76. The summed E-state index contributed by atoms with van der Waals surface area (Å²) in [6, 6.07) is 6.71. The summed E-state index contributed by atoms with van der Waals surface area (Å²) >= 11 is 0. The van der Waals surface area contributed by atoms with E-state index in [-0.39, 0.29) is 5.91 Å². The molecule has 0 spiro atoms. The summed E-state index contributed by atoms with van der Waals surface area (Å²) in [5.41, 5.74) is 0.896. The molecule has 0 aliphatic carbocycles. The molecular weight excluding hydrogens is 312 g/mol. The second-order valence-corrected chi connectivity index (χ2v) is 7.41. The van der Waals surface area contributed by atoms with Crippen molar-refractivity contribution in [1.29, 1.82) is 0 Å². The van der Waals surface area contributed by atoms with Crippen molar-refractivity contribution in [1.82, 2.24) is 9.62 Å². The Morgan fingerprint density at radius 2 is 1.65 bits per heavy atom. The number of amides is 1. The van der Waals surface area contributed by atoms with Gasteiger partial charge in [-0.25, -0.2) is 8.42 Å². The third-order valence-corrected chi connectivity index (χ3v) is 5.83. The molecule has 5 nitrogen and oxygen atoms in total. The van der Waals surface area contributed by atoms with Gasteiger partial charge in [0.15, 0.2) is 0 Å². The molecular formula is C17H28N2O3S. The quantitative estimate of drug-likeness (QED) is 0.666. The number of benzene rings is 1. The fourth-order valence-electron chi connectivity index (χ4n) is 2.32. The van der Waals surface area contributed by atoms with Gasteiger partial charge in [-0.15, -0.1) is 0 Å². The molecule has 1 aromatic rings. The highest BCUT2D eigenvalue weighted by Crippen LogP contribution is 2.16. The molecule has 0 bridgehead atoms. The van der Waals surface area contributed by atoms with Crippen molar-refractivity contribution in [3.63, 3.8) is 0 Å². The number of sulfonamides is 1. The molecule has 0 fully saturated rings. The van der Waals surface area contributed by atoms with Gasteiger partial charge in [-0.05, 0) is 24.1 Å². The average molecular weight is 340 g/mol. The van der Waals surface area contributed by atoms with Crippen molar-refractivity contribution in [2.75, 3.05) is 13.1 Å². The number of rotatable bonds is 10. The zero-order valence-corrected chi connectivity index (χ0v) is 15.2. The fourth-order valence-corrected chi connectivity index (χ4v) is 3.77.